The molecule has 3 heteroatoms. The average molecular weight is 275 g/mol. The molecule has 0 radical (unpaired) electrons. The van der Waals surface area contributed by atoms with Gasteiger partial charge in [0.25, 0.3) is 0 Å². The van der Waals surface area contributed by atoms with Crippen LogP contribution in [0, 0.1) is 13.8 Å². The van der Waals surface area contributed by atoms with Gasteiger partial charge in [-0.25, -0.2) is 0 Å². The monoisotopic (exact) mass is 275 g/mol. The van der Waals surface area contributed by atoms with Crippen LogP contribution in [0.4, 0.5) is 0 Å². The van der Waals surface area contributed by atoms with Gasteiger partial charge in [-0.1, -0.05) is 30.7 Å². The van der Waals surface area contributed by atoms with Gasteiger partial charge >= 0.3 is 0 Å². The zero-order valence-electron chi connectivity index (χ0n) is 12.8. The van der Waals surface area contributed by atoms with E-state index in [9.17, 15) is 4.79 Å². The molecule has 20 heavy (non-hydrogen) atoms. The van der Waals surface area contributed by atoms with Crippen LogP contribution in [0.15, 0.2) is 18.2 Å². The van der Waals surface area contributed by atoms with Crippen molar-refractivity contribution in [1.29, 1.82) is 0 Å². The van der Waals surface area contributed by atoms with Crippen molar-refractivity contribution in [3.05, 3.63) is 34.9 Å². The number of ketones is 1. The Morgan fingerprint density at radius 2 is 2.20 bits per heavy atom. The summed E-state index contributed by atoms with van der Waals surface area (Å²) in [5.74, 6) is 0.208. The molecule has 3 nitrogen and oxygen atoms in total. The number of benzene rings is 1. The molecule has 0 bridgehead atoms. The topological polar surface area (TPSA) is 29.5 Å². The van der Waals surface area contributed by atoms with E-state index in [1.807, 2.05) is 0 Å². The molecule has 0 aliphatic carbocycles. The highest BCUT2D eigenvalue weighted by Crippen LogP contribution is 2.15. The van der Waals surface area contributed by atoms with Gasteiger partial charge in [0.2, 0.25) is 0 Å². The smallest absolute Gasteiger partial charge is 0.167 e. The minimum atomic E-state index is -0.254. The second-order valence-electron chi connectivity index (χ2n) is 5.73. The van der Waals surface area contributed by atoms with E-state index in [1.54, 1.807) is 0 Å². The second kappa shape index (κ2) is 7.00. The summed E-state index contributed by atoms with van der Waals surface area (Å²) < 4.78 is 5.67. The van der Waals surface area contributed by atoms with Crippen molar-refractivity contribution >= 4 is 5.78 Å². The maximum Gasteiger partial charge on any atom is 0.167 e. The Morgan fingerprint density at radius 1 is 1.40 bits per heavy atom. The van der Waals surface area contributed by atoms with Gasteiger partial charge in [0.15, 0.2) is 5.78 Å². The Bertz CT molecular complexity index is 468. The minimum absolute atomic E-state index is 0.208. The number of Topliss-reactive ketones (excluding diaryl/α,β-unsaturated/α-hetero) is 1. The van der Waals surface area contributed by atoms with Crippen molar-refractivity contribution in [2.24, 2.45) is 0 Å². The predicted molar refractivity (Wildman–Crippen MR) is 81.1 cm³/mol. The highest BCUT2D eigenvalue weighted by atomic mass is 16.5. The predicted octanol–water partition coefficient (Wildman–Crippen LogP) is 2.53. The molecule has 0 amide bonds. The summed E-state index contributed by atoms with van der Waals surface area (Å²) in [5.41, 5.74) is 3.52. The summed E-state index contributed by atoms with van der Waals surface area (Å²) in [6.07, 6.45) is 1.35. The number of hydrogen-bond acceptors (Lipinski definition) is 3. The number of carbonyl (C=O) groups excluding carboxylic acids is 1. The molecule has 1 atom stereocenters. The van der Waals surface area contributed by atoms with Gasteiger partial charge in [-0.05, 0) is 37.9 Å². The SMILES string of the molecule is CCCN1CCOC(C(=O)Cc2cc(C)ccc2C)C1. The lowest BCUT2D eigenvalue weighted by molar-refractivity contribution is -0.135. The van der Waals surface area contributed by atoms with Crippen LogP contribution in [0.5, 0.6) is 0 Å². The van der Waals surface area contributed by atoms with Gasteiger partial charge in [0.1, 0.15) is 6.10 Å². The Morgan fingerprint density at radius 3 is 2.95 bits per heavy atom. The first-order valence-electron chi connectivity index (χ1n) is 7.53. The lowest BCUT2D eigenvalue weighted by Crippen LogP contribution is -2.46. The van der Waals surface area contributed by atoms with Gasteiger partial charge in [-0.3, -0.25) is 9.69 Å². The number of ether oxygens (including phenoxy) is 1. The van der Waals surface area contributed by atoms with Crippen molar-refractivity contribution in [3.63, 3.8) is 0 Å². The van der Waals surface area contributed by atoms with E-state index in [-0.39, 0.29) is 11.9 Å². The molecule has 1 aromatic carbocycles. The Kier molecular flexibility index (Phi) is 5.32. The zero-order valence-corrected chi connectivity index (χ0v) is 12.8. The van der Waals surface area contributed by atoms with Crippen molar-refractivity contribution in [1.82, 2.24) is 4.90 Å². The van der Waals surface area contributed by atoms with E-state index in [0.717, 1.165) is 31.6 Å². The molecule has 1 saturated heterocycles. The van der Waals surface area contributed by atoms with Crippen LogP contribution in [-0.2, 0) is 16.0 Å². The van der Waals surface area contributed by atoms with Crippen LogP contribution in [0.1, 0.15) is 30.0 Å². The molecule has 0 N–H and O–H groups in total. The van der Waals surface area contributed by atoms with E-state index < -0.39 is 0 Å². The Balaban J connectivity index is 1.99. The van der Waals surface area contributed by atoms with Crippen LogP contribution in [-0.4, -0.2) is 43.0 Å². The van der Waals surface area contributed by atoms with E-state index in [1.165, 1.54) is 11.1 Å². The third-order valence-electron chi connectivity index (χ3n) is 3.92. The Labute approximate surface area is 121 Å². The molecule has 0 aromatic heterocycles. The first-order valence-corrected chi connectivity index (χ1v) is 7.53. The number of carbonyl (C=O) groups is 1. The summed E-state index contributed by atoms with van der Waals surface area (Å²) in [5, 5.41) is 0. The summed E-state index contributed by atoms with van der Waals surface area (Å²) in [4.78, 5) is 14.8. The fraction of sp³-hybridized carbons (Fsp3) is 0.588. The fourth-order valence-corrected chi connectivity index (χ4v) is 2.71. The standard InChI is InChI=1S/C17H25NO2/c1-4-7-18-8-9-20-17(12-18)16(19)11-15-10-13(2)5-6-14(15)3/h5-6,10,17H,4,7-9,11-12H2,1-3H3. The summed E-state index contributed by atoms with van der Waals surface area (Å²) >= 11 is 0. The third-order valence-corrected chi connectivity index (χ3v) is 3.92. The lowest BCUT2D eigenvalue weighted by atomic mass is 9.98. The summed E-state index contributed by atoms with van der Waals surface area (Å²) in [6.45, 7) is 9.71. The molecule has 1 aromatic rings. The molecule has 1 aliphatic rings. The molecule has 1 aliphatic heterocycles. The van der Waals surface area contributed by atoms with Crippen molar-refractivity contribution in [2.45, 2.75) is 39.7 Å². The van der Waals surface area contributed by atoms with Crippen LogP contribution in [0.2, 0.25) is 0 Å². The van der Waals surface area contributed by atoms with E-state index >= 15 is 0 Å². The number of morpholine rings is 1. The van der Waals surface area contributed by atoms with Crippen LogP contribution in [0.3, 0.4) is 0 Å². The van der Waals surface area contributed by atoms with Gasteiger partial charge in [-0.15, -0.1) is 0 Å². The van der Waals surface area contributed by atoms with Gasteiger partial charge < -0.3 is 4.74 Å². The van der Waals surface area contributed by atoms with Crippen molar-refractivity contribution in [2.75, 3.05) is 26.2 Å². The lowest BCUT2D eigenvalue weighted by Gasteiger charge is -2.32. The minimum Gasteiger partial charge on any atom is -0.368 e. The maximum absolute atomic E-state index is 12.4. The molecule has 0 spiro atoms. The molecule has 1 heterocycles. The Hall–Kier alpha value is -1.19. The summed E-state index contributed by atoms with van der Waals surface area (Å²) in [7, 11) is 0. The molecule has 1 fully saturated rings. The molecular weight excluding hydrogens is 250 g/mol. The van der Waals surface area contributed by atoms with Gasteiger partial charge in [0.05, 0.1) is 6.61 Å². The zero-order chi connectivity index (χ0) is 14.5. The molecule has 1 unspecified atom stereocenters. The van der Waals surface area contributed by atoms with E-state index in [2.05, 4.69) is 43.9 Å². The number of aryl methyl sites for hydroxylation is 2. The van der Waals surface area contributed by atoms with Crippen molar-refractivity contribution in [3.8, 4) is 0 Å². The molecular formula is C17H25NO2. The first-order chi connectivity index (χ1) is 9.60. The number of hydrogen-bond donors (Lipinski definition) is 0. The maximum atomic E-state index is 12.4. The quantitative estimate of drug-likeness (QED) is 0.827. The average Bonchev–Trinajstić information content (AvgIpc) is 2.43. The van der Waals surface area contributed by atoms with E-state index in [0.29, 0.717) is 13.0 Å². The van der Waals surface area contributed by atoms with Crippen molar-refractivity contribution < 1.29 is 9.53 Å². The molecule has 0 saturated carbocycles. The highest BCUT2D eigenvalue weighted by Gasteiger charge is 2.26. The highest BCUT2D eigenvalue weighted by molar-refractivity contribution is 5.85. The second-order valence-corrected chi connectivity index (χ2v) is 5.73. The van der Waals surface area contributed by atoms with Crippen LogP contribution in [0.25, 0.3) is 0 Å². The van der Waals surface area contributed by atoms with Gasteiger partial charge in [0, 0.05) is 19.5 Å². The molecule has 2 rings (SSSR count). The van der Waals surface area contributed by atoms with Crippen LogP contribution < -0.4 is 0 Å². The normalized spacial score (nSPS) is 20.1. The molecule has 110 valence electrons. The van der Waals surface area contributed by atoms with E-state index in [4.69, 9.17) is 4.74 Å². The largest absolute Gasteiger partial charge is 0.368 e. The first kappa shape index (κ1) is 15.2. The fourth-order valence-electron chi connectivity index (χ4n) is 2.71. The summed E-state index contributed by atoms with van der Waals surface area (Å²) in [6, 6.07) is 6.28. The number of rotatable bonds is 5. The van der Waals surface area contributed by atoms with Gasteiger partial charge in [-0.2, -0.15) is 0 Å². The van der Waals surface area contributed by atoms with Crippen LogP contribution >= 0.6 is 0 Å². The number of nitrogens with zero attached hydrogens (tertiary/aromatic N) is 1. The third kappa shape index (κ3) is 3.90.